The van der Waals surface area contributed by atoms with Gasteiger partial charge in [0.05, 0.1) is 19.1 Å². The van der Waals surface area contributed by atoms with Gasteiger partial charge in [-0.1, -0.05) is 36.7 Å². The lowest BCUT2D eigenvalue weighted by atomic mass is 10.1. The topological polar surface area (TPSA) is 75.7 Å². The first kappa shape index (κ1) is 21.1. The fourth-order valence-corrected chi connectivity index (χ4v) is 4.05. The molecule has 0 spiro atoms. The third kappa shape index (κ3) is 5.61. The minimum absolute atomic E-state index is 0.280. The smallest absolute Gasteiger partial charge is 0.244 e. The largest absolute Gasteiger partial charge is 0.497 e. The SMILES string of the molecule is CCC(C(=O)NCc1ccc(Cl)cc1)N(c1cccc(OC)c1)S(C)(=O)=O. The number of nitrogens with one attached hydrogen (secondary N) is 1. The molecule has 0 aliphatic carbocycles. The van der Waals surface area contributed by atoms with Crippen molar-refractivity contribution >= 4 is 33.2 Å². The van der Waals surface area contributed by atoms with Crippen molar-refractivity contribution in [1.82, 2.24) is 5.32 Å². The van der Waals surface area contributed by atoms with Crippen LogP contribution in [0.2, 0.25) is 5.02 Å². The van der Waals surface area contributed by atoms with Crippen molar-refractivity contribution in [1.29, 1.82) is 0 Å². The number of methoxy groups -OCH3 is 1. The molecule has 1 atom stereocenters. The number of ether oxygens (including phenoxy) is 1. The van der Waals surface area contributed by atoms with Crippen LogP contribution in [0.3, 0.4) is 0 Å². The monoisotopic (exact) mass is 410 g/mol. The van der Waals surface area contributed by atoms with Gasteiger partial charge in [-0.05, 0) is 36.2 Å². The minimum Gasteiger partial charge on any atom is -0.497 e. The average molecular weight is 411 g/mol. The van der Waals surface area contributed by atoms with E-state index in [9.17, 15) is 13.2 Å². The molecule has 0 aliphatic rings. The number of anilines is 1. The average Bonchev–Trinajstić information content (AvgIpc) is 2.64. The highest BCUT2D eigenvalue weighted by Gasteiger charge is 2.31. The van der Waals surface area contributed by atoms with Gasteiger partial charge in [-0.2, -0.15) is 0 Å². The Morgan fingerprint density at radius 1 is 1.22 bits per heavy atom. The van der Waals surface area contributed by atoms with E-state index in [1.807, 2.05) is 0 Å². The molecule has 1 amide bonds. The fraction of sp³-hybridized carbons (Fsp3) is 0.316. The maximum atomic E-state index is 12.8. The number of carbonyl (C=O) groups is 1. The Morgan fingerprint density at radius 3 is 2.44 bits per heavy atom. The molecule has 0 saturated heterocycles. The number of hydrogen-bond donors (Lipinski definition) is 1. The van der Waals surface area contributed by atoms with Crippen molar-refractivity contribution in [2.24, 2.45) is 0 Å². The molecule has 0 aliphatic heterocycles. The van der Waals surface area contributed by atoms with Crippen molar-refractivity contribution in [2.45, 2.75) is 25.9 Å². The van der Waals surface area contributed by atoms with Gasteiger partial charge >= 0.3 is 0 Å². The summed E-state index contributed by atoms with van der Waals surface area (Å²) in [6.45, 7) is 2.05. The van der Waals surface area contributed by atoms with E-state index >= 15 is 0 Å². The highest BCUT2D eigenvalue weighted by molar-refractivity contribution is 7.92. The number of nitrogens with zero attached hydrogens (tertiary/aromatic N) is 1. The van der Waals surface area contributed by atoms with Crippen LogP contribution in [0.5, 0.6) is 5.75 Å². The molecule has 0 fully saturated rings. The standard InChI is InChI=1S/C19H23ClN2O4S/c1-4-18(19(23)21-13-14-8-10-15(20)11-9-14)22(27(3,24)25)16-6-5-7-17(12-16)26-2/h5-12,18H,4,13H2,1-3H3,(H,21,23). The summed E-state index contributed by atoms with van der Waals surface area (Å²) in [7, 11) is -2.19. The third-order valence-electron chi connectivity index (χ3n) is 4.02. The Kier molecular flexibility index (Phi) is 7.10. The zero-order valence-corrected chi connectivity index (χ0v) is 17.0. The van der Waals surface area contributed by atoms with Gasteiger partial charge in [-0.25, -0.2) is 8.42 Å². The molecule has 6 nitrogen and oxygen atoms in total. The zero-order chi connectivity index (χ0) is 20.0. The maximum absolute atomic E-state index is 12.8. The molecule has 0 radical (unpaired) electrons. The van der Waals surface area contributed by atoms with Gasteiger partial charge in [-0.15, -0.1) is 0 Å². The number of carbonyl (C=O) groups excluding carboxylic acids is 1. The zero-order valence-electron chi connectivity index (χ0n) is 15.5. The highest BCUT2D eigenvalue weighted by atomic mass is 35.5. The van der Waals surface area contributed by atoms with Gasteiger partial charge in [0, 0.05) is 17.6 Å². The van der Waals surface area contributed by atoms with E-state index in [1.165, 1.54) is 7.11 Å². The van der Waals surface area contributed by atoms with Crippen LogP contribution >= 0.6 is 11.6 Å². The Bertz CT molecular complexity index is 885. The molecule has 1 N–H and O–H groups in total. The summed E-state index contributed by atoms with van der Waals surface area (Å²) < 4.78 is 31.2. The van der Waals surface area contributed by atoms with Crippen molar-refractivity contribution in [3.05, 3.63) is 59.1 Å². The van der Waals surface area contributed by atoms with Gasteiger partial charge < -0.3 is 10.1 Å². The predicted octanol–water partition coefficient (Wildman–Crippen LogP) is 3.21. The first-order valence-electron chi connectivity index (χ1n) is 8.42. The molecule has 0 saturated carbocycles. The van der Waals surface area contributed by atoms with Gasteiger partial charge in [0.15, 0.2) is 0 Å². The summed E-state index contributed by atoms with van der Waals surface area (Å²) in [5, 5.41) is 3.41. The number of sulfonamides is 1. The van der Waals surface area contributed by atoms with Crippen LogP contribution in [0, 0.1) is 0 Å². The first-order valence-corrected chi connectivity index (χ1v) is 10.6. The third-order valence-corrected chi connectivity index (χ3v) is 5.45. The van der Waals surface area contributed by atoms with Gasteiger partial charge in [0.1, 0.15) is 11.8 Å². The van der Waals surface area contributed by atoms with E-state index in [4.69, 9.17) is 16.3 Å². The molecular formula is C19H23ClN2O4S. The molecule has 2 aromatic rings. The molecule has 0 heterocycles. The van der Waals surface area contributed by atoms with Crippen LogP contribution in [-0.4, -0.2) is 33.7 Å². The van der Waals surface area contributed by atoms with Crippen LogP contribution in [-0.2, 0) is 21.4 Å². The second-order valence-corrected chi connectivity index (χ2v) is 8.32. The Balaban J connectivity index is 2.25. The van der Waals surface area contributed by atoms with Crippen molar-refractivity contribution in [3.8, 4) is 5.75 Å². The Labute approximate surface area is 165 Å². The molecule has 146 valence electrons. The first-order chi connectivity index (χ1) is 12.8. The summed E-state index contributed by atoms with van der Waals surface area (Å²) >= 11 is 5.86. The van der Waals surface area contributed by atoms with Crippen molar-refractivity contribution < 1.29 is 17.9 Å². The second-order valence-electron chi connectivity index (χ2n) is 6.03. The summed E-state index contributed by atoms with van der Waals surface area (Å²) in [5.41, 5.74) is 1.25. The van der Waals surface area contributed by atoms with E-state index < -0.39 is 16.1 Å². The minimum atomic E-state index is -3.69. The van der Waals surface area contributed by atoms with Gasteiger partial charge in [0.25, 0.3) is 0 Å². The van der Waals surface area contributed by atoms with Crippen molar-refractivity contribution in [2.75, 3.05) is 17.7 Å². The number of amides is 1. The second kappa shape index (κ2) is 9.10. The summed E-state index contributed by atoms with van der Waals surface area (Å²) in [6, 6.07) is 12.8. The number of halogens is 1. The van der Waals surface area contributed by atoms with E-state index in [0.29, 0.717) is 22.9 Å². The molecule has 2 aromatic carbocycles. The van der Waals surface area contributed by atoms with Crippen LogP contribution in [0.4, 0.5) is 5.69 Å². The molecule has 0 aromatic heterocycles. The van der Waals surface area contributed by atoms with Gasteiger partial charge in [-0.3, -0.25) is 9.10 Å². The van der Waals surface area contributed by atoms with Crippen molar-refractivity contribution in [3.63, 3.8) is 0 Å². The molecule has 8 heteroatoms. The number of hydrogen-bond acceptors (Lipinski definition) is 4. The summed E-state index contributed by atoms with van der Waals surface area (Å²) in [4.78, 5) is 12.8. The molecule has 1 unspecified atom stereocenters. The summed E-state index contributed by atoms with van der Waals surface area (Å²) in [5.74, 6) is 0.137. The lowest BCUT2D eigenvalue weighted by Gasteiger charge is -2.30. The van der Waals surface area contributed by atoms with Crippen LogP contribution in [0.25, 0.3) is 0 Å². The lowest BCUT2D eigenvalue weighted by Crippen LogP contribution is -2.49. The fourth-order valence-electron chi connectivity index (χ4n) is 2.72. The van der Waals surface area contributed by atoms with Crippen LogP contribution in [0.1, 0.15) is 18.9 Å². The lowest BCUT2D eigenvalue weighted by molar-refractivity contribution is -0.122. The molecular weight excluding hydrogens is 388 g/mol. The molecule has 27 heavy (non-hydrogen) atoms. The maximum Gasteiger partial charge on any atom is 0.244 e. The Morgan fingerprint density at radius 2 is 1.89 bits per heavy atom. The van der Waals surface area contributed by atoms with E-state index in [2.05, 4.69) is 5.32 Å². The van der Waals surface area contributed by atoms with E-state index in [-0.39, 0.29) is 12.5 Å². The molecule has 0 bridgehead atoms. The van der Waals surface area contributed by atoms with Crippen LogP contribution in [0.15, 0.2) is 48.5 Å². The van der Waals surface area contributed by atoms with Crippen LogP contribution < -0.4 is 14.4 Å². The van der Waals surface area contributed by atoms with E-state index in [1.54, 1.807) is 55.5 Å². The molecule has 2 rings (SSSR count). The Hall–Kier alpha value is -2.25. The van der Waals surface area contributed by atoms with E-state index in [0.717, 1.165) is 16.1 Å². The predicted molar refractivity (Wildman–Crippen MR) is 108 cm³/mol. The highest BCUT2D eigenvalue weighted by Crippen LogP contribution is 2.26. The number of benzene rings is 2. The summed E-state index contributed by atoms with van der Waals surface area (Å²) in [6.07, 6.45) is 1.40. The normalized spacial score (nSPS) is 12.3. The number of rotatable bonds is 8. The quantitative estimate of drug-likeness (QED) is 0.725. The van der Waals surface area contributed by atoms with Gasteiger partial charge in [0.2, 0.25) is 15.9 Å².